The molecule has 76 valence electrons. The third-order valence-electron chi connectivity index (χ3n) is 1.78. The number of aldehydes is 1. The van der Waals surface area contributed by atoms with Crippen molar-refractivity contribution in [3.8, 4) is 5.88 Å². The summed E-state index contributed by atoms with van der Waals surface area (Å²) in [5.74, 6) is 0.453. The molecule has 0 aromatic carbocycles. The third kappa shape index (κ3) is 2.81. The van der Waals surface area contributed by atoms with Gasteiger partial charge in [0, 0.05) is 24.9 Å². The molecule has 1 aromatic heterocycles. The van der Waals surface area contributed by atoms with E-state index in [9.17, 15) is 4.79 Å². The van der Waals surface area contributed by atoms with Crippen LogP contribution in [-0.2, 0) is 4.74 Å². The molecule has 4 nitrogen and oxygen atoms in total. The van der Waals surface area contributed by atoms with Crippen LogP contribution in [0.3, 0.4) is 0 Å². The maximum absolute atomic E-state index is 10.6. The molecule has 0 aliphatic heterocycles. The largest absolute Gasteiger partial charge is 0.475 e. The first-order chi connectivity index (χ1) is 6.77. The summed E-state index contributed by atoms with van der Waals surface area (Å²) in [7, 11) is 1.60. The van der Waals surface area contributed by atoms with Gasteiger partial charge in [-0.25, -0.2) is 4.98 Å². The Balaban J connectivity index is 2.64. The second-order valence-electron chi connectivity index (χ2n) is 2.84. The Kier molecular flexibility index (Phi) is 4.07. The van der Waals surface area contributed by atoms with Crippen LogP contribution in [0.1, 0.15) is 15.9 Å². The van der Waals surface area contributed by atoms with Crippen LogP contribution in [0.4, 0.5) is 0 Å². The number of aromatic nitrogens is 1. The minimum atomic E-state index is 0.435. The van der Waals surface area contributed by atoms with Gasteiger partial charge in [0.2, 0.25) is 5.88 Å². The summed E-state index contributed by atoms with van der Waals surface area (Å²) in [6.07, 6.45) is 2.41. The molecule has 14 heavy (non-hydrogen) atoms. The molecule has 0 aliphatic carbocycles. The zero-order valence-corrected chi connectivity index (χ0v) is 8.32. The highest BCUT2D eigenvalue weighted by molar-refractivity contribution is 5.77. The van der Waals surface area contributed by atoms with Gasteiger partial charge in [0.05, 0.1) is 6.61 Å². The van der Waals surface area contributed by atoms with Crippen molar-refractivity contribution in [2.24, 2.45) is 0 Å². The van der Waals surface area contributed by atoms with E-state index in [1.165, 1.54) is 0 Å². The summed E-state index contributed by atoms with van der Waals surface area (Å²) in [6, 6.07) is 1.62. The van der Waals surface area contributed by atoms with Gasteiger partial charge in [-0.15, -0.1) is 0 Å². The summed E-state index contributed by atoms with van der Waals surface area (Å²) in [5.41, 5.74) is 1.45. The van der Waals surface area contributed by atoms with Gasteiger partial charge in [-0.05, 0) is 12.5 Å². The highest BCUT2D eigenvalue weighted by Gasteiger charge is 2.01. The number of carbonyl (C=O) groups is 1. The van der Waals surface area contributed by atoms with E-state index in [0.29, 0.717) is 24.7 Å². The van der Waals surface area contributed by atoms with Crippen molar-refractivity contribution in [3.05, 3.63) is 23.4 Å². The maximum Gasteiger partial charge on any atom is 0.213 e. The zero-order valence-electron chi connectivity index (χ0n) is 8.32. The molecular formula is C10H13NO3. The second-order valence-corrected chi connectivity index (χ2v) is 2.84. The predicted molar refractivity (Wildman–Crippen MR) is 51.7 cm³/mol. The lowest BCUT2D eigenvalue weighted by molar-refractivity contribution is 0.112. The zero-order chi connectivity index (χ0) is 10.4. The number of nitrogens with zero attached hydrogens (tertiary/aromatic N) is 1. The summed E-state index contributed by atoms with van der Waals surface area (Å²) in [5, 5.41) is 0. The number of pyridine rings is 1. The van der Waals surface area contributed by atoms with Gasteiger partial charge >= 0.3 is 0 Å². The van der Waals surface area contributed by atoms with Crippen LogP contribution in [-0.4, -0.2) is 31.6 Å². The molecule has 0 radical (unpaired) electrons. The normalized spacial score (nSPS) is 9.86. The molecular weight excluding hydrogens is 182 g/mol. The van der Waals surface area contributed by atoms with E-state index in [-0.39, 0.29) is 0 Å². The topological polar surface area (TPSA) is 48.4 Å². The fraction of sp³-hybridized carbons (Fsp3) is 0.400. The Morgan fingerprint density at radius 2 is 2.29 bits per heavy atom. The van der Waals surface area contributed by atoms with E-state index in [1.807, 2.05) is 6.92 Å². The number of hydrogen-bond acceptors (Lipinski definition) is 4. The van der Waals surface area contributed by atoms with Gasteiger partial charge in [-0.3, -0.25) is 4.79 Å². The van der Waals surface area contributed by atoms with Gasteiger partial charge in [0.1, 0.15) is 6.61 Å². The van der Waals surface area contributed by atoms with Crippen molar-refractivity contribution in [2.75, 3.05) is 20.3 Å². The van der Waals surface area contributed by atoms with Crippen molar-refractivity contribution >= 4 is 6.29 Å². The van der Waals surface area contributed by atoms with Gasteiger partial charge in [-0.1, -0.05) is 0 Å². The Bertz CT molecular complexity index is 312. The lowest BCUT2D eigenvalue weighted by atomic mass is 10.2. The maximum atomic E-state index is 10.6. The number of ether oxygens (including phenoxy) is 2. The predicted octanol–water partition coefficient (Wildman–Crippen LogP) is 1.23. The van der Waals surface area contributed by atoms with Gasteiger partial charge in [0.15, 0.2) is 6.29 Å². The number of aryl methyl sites for hydroxylation is 1. The molecule has 1 rings (SSSR count). The van der Waals surface area contributed by atoms with Crippen LogP contribution in [0.25, 0.3) is 0 Å². The van der Waals surface area contributed by atoms with Gasteiger partial charge in [-0.2, -0.15) is 0 Å². The molecule has 0 saturated carbocycles. The van der Waals surface area contributed by atoms with Gasteiger partial charge < -0.3 is 9.47 Å². The number of hydrogen-bond donors (Lipinski definition) is 0. The fourth-order valence-corrected chi connectivity index (χ4v) is 0.955. The molecule has 0 unspecified atom stereocenters. The lowest BCUT2D eigenvalue weighted by Crippen LogP contribution is -2.05. The molecule has 0 fully saturated rings. The molecule has 0 amide bonds. The molecule has 0 N–H and O–H groups in total. The van der Waals surface area contributed by atoms with Crippen molar-refractivity contribution in [3.63, 3.8) is 0 Å². The highest BCUT2D eigenvalue weighted by atomic mass is 16.5. The van der Waals surface area contributed by atoms with Crippen LogP contribution >= 0.6 is 0 Å². The van der Waals surface area contributed by atoms with E-state index < -0.39 is 0 Å². The standard InChI is InChI=1S/C10H13NO3/c1-8-6-11-10(5-9(8)7-12)14-4-3-13-2/h5-7H,3-4H2,1-2H3. The third-order valence-corrected chi connectivity index (χ3v) is 1.78. The number of rotatable bonds is 5. The second kappa shape index (κ2) is 5.34. The SMILES string of the molecule is COCCOc1cc(C=O)c(C)cn1. The molecule has 0 bridgehead atoms. The first kappa shape index (κ1) is 10.7. The monoisotopic (exact) mass is 195 g/mol. The molecule has 0 atom stereocenters. The quantitative estimate of drug-likeness (QED) is 0.523. The van der Waals surface area contributed by atoms with Crippen LogP contribution in [0.5, 0.6) is 5.88 Å². The molecule has 0 saturated heterocycles. The number of methoxy groups -OCH3 is 1. The highest BCUT2D eigenvalue weighted by Crippen LogP contribution is 2.11. The average molecular weight is 195 g/mol. The fourth-order valence-electron chi connectivity index (χ4n) is 0.955. The van der Waals surface area contributed by atoms with E-state index in [2.05, 4.69) is 4.98 Å². The summed E-state index contributed by atoms with van der Waals surface area (Å²) >= 11 is 0. The molecule has 4 heteroatoms. The molecule has 0 aliphatic rings. The Labute approximate surface area is 82.9 Å². The van der Waals surface area contributed by atoms with E-state index in [0.717, 1.165) is 11.8 Å². The molecule has 1 heterocycles. The van der Waals surface area contributed by atoms with Crippen molar-refractivity contribution < 1.29 is 14.3 Å². The van der Waals surface area contributed by atoms with E-state index in [1.54, 1.807) is 19.4 Å². The smallest absolute Gasteiger partial charge is 0.213 e. The Morgan fingerprint density at radius 1 is 1.50 bits per heavy atom. The molecule has 1 aromatic rings. The minimum Gasteiger partial charge on any atom is -0.475 e. The van der Waals surface area contributed by atoms with Crippen molar-refractivity contribution in [2.45, 2.75) is 6.92 Å². The average Bonchev–Trinajstić information content (AvgIpc) is 2.21. The summed E-state index contributed by atoms with van der Waals surface area (Å²) in [6.45, 7) is 2.77. The first-order valence-electron chi connectivity index (χ1n) is 4.31. The van der Waals surface area contributed by atoms with Crippen molar-refractivity contribution in [1.29, 1.82) is 0 Å². The summed E-state index contributed by atoms with van der Waals surface area (Å²) < 4.78 is 10.1. The van der Waals surface area contributed by atoms with E-state index >= 15 is 0 Å². The Hall–Kier alpha value is -1.42. The van der Waals surface area contributed by atoms with Gasteiger partial charge in [0.25, 0.3) is 0 Å². The van der Waals surface area contributed by atoms with Crippen LogP contribution in [0, 0.1) is 6.92 Å². The van der Waals surface area contributed by atoms with Crippen LogP contribution in [0.15, 0.2) is 12.3 Å². The first-order valence-corrected chi connectivity index (χ1v) is 4.31. The Morgan fingerprint density at radius 3 is 2.93 bits per heavy atom. The summed E-state index contributed by atoms with van der Waals surface area (Å²) in [4.78, 5) is 14.6. The molecule has 0 spiro atoms. The van der Waals surface area contributed by atoms with Crippen LogP contribution < -0.4 is 4.74 Å². The number of carbonyl (C=O) groups excluding carboxylic acids is 1. The van der Waals surface area contributed by atoms with Crippen molar-refractivity contribution in [1.82, 2.24) is 4.98 Å². The van der Waals surface area contributed by atoms with Crippen LogP contribution in [0.2, 0.25) is 0 Å². The lowest BCUT2D eigenvalue weighted by Gasteiger charge is -2.05. The van der Waals surface area contributed by atoms with E-state index in [4.69, 9.17) is 9.47 Å². The minimum absolute atomic E-state index is 0.435.